The minimum Gasteiger partial charge on any atom is -0.264 e. The molecule has 0 aliphatic heterocycles. The minimum absolute atomic E-state index is 0.203. The molecule has 4 nitrogen and oxygen atoms in total. The first-order valence-electron chi connectivity index (χ1n) is 3.32. The molecule has 0 bridgehead atoms. The zero-order valence-electron chi connectivity index (χ0n) is 6.45. The van der Waals surface area contributed by atoms with E-state index < -0.39 is 4.92 Å². The molecule has 1 rings (SSSR count). The zero-order chi connectivity index (χ0) is 9.14. The molecule has 0 unspecified atom stereocenters. The van der Waals surface area contributed by atoms with Crippen molar-refractivity contribution < 1.29 is 4.92 Å². The maximum atomic E-state index is 10.1. The van der Waals surface area contributed by atoms with Gasteiger partial charge < -0.3 is 0 Å². The second kappa shape index (κ2) is 3.49. The predicted octanol–water partition coefficient (Wildman–Crippen LogP) is 1.82. The second-order valence-corrected chi connectivity index (χ2v) is 2.80. The van der Waals surface area contributed by atoms with Gasteiger partial charge in [0.2, 0.25) is 6.54 Å². The summed E-state index contributed by atoms with van der Waals surface area (Å²) in [5.74, 6) is 0. The number of nitro groups is 1. The fraction of sp³-hybridized carbons (Fsp3) is 0.286. The molecule has 64 valence electrons. The third kappa shape index (κ3) is 2.17. The predicted molar refractivity (Wildman–Crippen MR) is 44.7 cm³/mol. The van der Waals surface area contributed by atoms with Crippen LogP contribution in [0.1, 0.15) is 11.1 Å². The molecule has 5 heteroatoms. The van der Waals surface area contributed by atoms with Crippen LogP contribution in [0.15, 0.2) is 12.3 Å². The van der Waals surface area contributed by atoms with Gasteiger partial charge in [-0.05, 0) is 18.6 Å². The lowest BCUT2D eigenvalue weighted by Crippen LogP contribution is -1.99. The van der Waals surface area contributed by atoms with E-state index in [2.05, 4.69) is 4.98 Å². The lowest BCUT2D eigenvalue weighted by Gasteiger charge is -1.98. The van der Waals surface area contributed by atoms with Crippen molar-refractivity contribution >= 4 is 11.6 Å². The summed E-state index contributed by atoms with van der Waals surface area (Å²) in [6.45, 7) is 1.56. The van der Waals surface area contributed by atoms with Gasteiger partial charge in [0, 0.05) is 16.7 Å². The number of aromatic nitrogens is 1. The van der Waals surface area contributed by atoms with E-state index in [1.165, 1.54) is 6.20 Å². The molecule has 0 aromatic carbocycles. The van der Waals surface area contributed by atoms with Crippen LogP contribution in [0.5, 0.6) is 0 Å². The monoisotopic (exact) mass is 186 g/mol. The van der Waals surface area contributed by atoms with Gasteiger partial charge >= 0.3 is 0 Å². The Balaban J connectivity index is 2.89. The van der Waals surface area contributed by atoms with Gasteiger partial charge in [0.25, 0.3) is 0 Å². The van der Waals surface area contributed by atoms with Gasteiger partial charge in [-0.25, -0.2) is 4.98 Å². The molecule has 0 radical (unpaired) electrons. The van der Waals surface area contributed by atoms with Crippen LogP contribution < -0.4 is 0 Å². The van der Waals surface area contributed by atoms with Crippen LogP contribution >= 0.6 is 11.6 Å². The van der Waals surface area contributed by atoms with Crippen LogP contribution in [-0.4, -0.2) is 9.91 Å². The molecular weight excluding hydrogens is 180 g/mol. The number of aryl methyl sites for hydroxylation is 1. The smallest absolute Gasteiger partial charge is 0.230 e. The highest BCUT2D eigenvalue weighted by Crippen LogP contribution is 2.12. The highest BCUT2D eigenvalue weighted by atomic mass is 35.5. The summed E-state index contributed by atoms with van der Waals surface area (Å²) in [5, 5.41) is 10.5. The molecule has 0 aliphatic carbocycles. The van der Waals surface area contributed by atoms with Crippen molar-refractivity contribution in [1.29, 1.82) is 0 Å². The Morgan fingerprint density at radius 1 is 1.75 bits per heavy atom. The Labute approximate surface area is 74.3 Å². The van der Waals surface area contributed by atoms with Gasteiger partial charge in [-0.15, -0.1) is 0 Å². The van der Waals surface area contributed by atoms with Crippen molar-refractivity contribution in [2.75, 3.05) is 0 Å². The number of rotatable bonds is 2. The summed E-state index contributed by atoms with van der Waals surface area (Å²) in [5.41, 5.74) is 1.33. The molecule has 0 saturated heterocycles. The van der Waals surface area contributed by atoms with E-state index in [-0.39, 0.29) is 6.54 Å². The third-order valence-corrected chi connectivity index (χ3v) is 1.78. The molecular formula is C7H7ClN2O2. The fourth-order valence-corrected chi connectivity index (χ4v) is 0.955. The first-order chi connectivity index (χ1) is 5.59. The quantitative estimate of drug-likeness (QED) is 0.402. The van der Waals surface area contributed by atoms with Crippen molar-refractivity contribution in [2.45, 2.75) is 13.5 Å². The lowest BCUT2D eigenvalue weighted by atomic mass is 10.2. The van der Waals surface area contributed by atoms with Gasteiger partial charge in [-0.3, -0.25) is 10.1 Å². The summed E-state index contributed by atoms with van der Waals surface area (Å²) in [7, 11) is 0. The zero-order valence-corrected chi connectivity index (χ0v) is 7.21. The Bertz CT molecular complexity index is 314. The molecule has 1 aromatic rings. The fourth-order valence-electron chi connectivity index (χ4n) is 0.852. The highest BCUT2D eigenvalue weighted by molar-refractivity contribution is 6.30. The van der Waals surface area contributed by atoms with Crippen LogP contribution in [0.25, 0.3) is 0 Å². The number of pyridine rings is 1. The van der Waals surface area contributed by atoms with Crippen LogP contribution in [0.4, 0.5) is 0 Å². The molecule has 0 fully saturated rings. The first kappa shape index (κ1) is 8.93. The summed E-state index contributed by atoms with van der Waals surface area (Å²) >= 11 is 5.64. The maximum Gasteiger partial charge on any atom is 0.230 e. The average Bonchev–Trinajstić information content (AvgIpc) is 1.96. The number of nitrogens with zero attached hydrogens (tertiary/aromatic N) is 2. The largest absolute Gasteiger partial charge is 0.264 e. The summed E-state index contributed by atoms with van der Waals surface area (Å²) < 4.78 is 0. The topological polar surface area (TPSA) is 56.0 Å². The molecule has 0 spiro atoms. The third-order valence-electron chi connectivity index (χ3n) is 1.38. The molecule has 0 aliphatic rings. The molecule has 12 heavy (non-hydrogen) atoms. The van der Waals surface area contributed by atoms with E-state index in [0.29, 0.717) is 10.7 Å². The van der Waals surface area contributed by atoms with E-state index in [0.717, 1.165) is 5.56 Å². The number of halogens is 1. The van der Waals surface area contributed by atoms with Crippen LogP contribution in [0.2, 0.25) is 5.15 Å². The molecule has 0 amide bonds. The van der Waals surface area contributed by atoms with Crippen LogP contribution in [0.3, 0.4) is 0 Å². The van der Waals surface area contributed by atoms with Crippen molar-refractivity contribution in [3.8, 4) is 0 Å². The van der Waals surface area contributed by atoms with Gasteiger partial charge in [0.15, 0.2) is 0 Å². The van der Waals surface area contributed by atoms with E-state index >= 15 is 0 Å². The Kier molecular flexibility index (Phi) is 2.60. The molecule has 0 saturated carbocycles. The minimum atomic E-state index is -0.398. The van der Waals surface area contributed by atoms with Gasteiger partial charge in [0.1, 0.15) is 5.15 Å². The Morgan fingerprint density at radius 3 is 2.92 bits per heavy atom. The second-order valence-electron chi connectivity index (χ2n) is 2.44. The van der Waals surface area contributed by atoms with E-state index in [9.17, 15) is 10.1 Å². The standard InChI is InChI=1S/C7H7ClN2O2/c1-5-2-6(4-10(11)12)3-9-7(5)8/h2-3H,4H2,1H3. The highest BCUT2D eigenvalue weighted by Gasteiger charge is 2.03. The van der Waals surface area contributed by atoms with E-state index in [1.807, 2.05) is 0 Å². The molecule has 0 N–H and O–H groups in total. The van der Waals surface area contributed by atoms with Gasteiger partial charge in [-0.1, -0.05) is 11.6 Å². The average molecular weight is 187 g/mol. The first-order valence-corrected chi connectivity index (χ1v) is 3.70. The number of hydrogen-bond donors (Lipinski definition) is 0. The van der Waals surface area contributed by atoms with Gasteiger partial charge in [-0.2, -0.15) is 0 Å². The molecule has 0 atom stereocenters. The summed E-state index contributed by atoms with van der Waals surface area (Å²) in [6, 6.07) is 1.66. The Hall–Kier alpha value is -1.16. The van der Waals surface area contributed by atoms with Crippen molar-refractivity contribution in [3.63, 3.8) is 0 Å². The Morgan fingerprint density at radius 2 is 2.42 bits per heavy atom. The summed E-state index contributed by atoms with van der Waals surface area (Å²) in [4.78, 5) is 13.5. The van der Waals surface area contributed by atoms with Crippen LogP contribution in [-0.2, 0) is 6.54 Å². The van der Waals surface area contributed by atoms with E-state index in [1.54, 1.807) is 13.0 Å². The maximum absolute atomic E-state index is 10.1. The molecule has 1 aromatic heterocycles. The van der Waals surface area contributed by atoms with Crippen molar-refractivity contribution in [1.82, 2.24) is 4.98 Å². The lowest BCUT2D eigenvalue weighted by molar-refractivity contribution is -0.496. The SMILES string of the molecule is Cc1cc(C[N+](=O)[O-])cnc1Cl. The van der Waals surface area contributed by atoms with E-state index in [4.69, 9.17) is 11.6 Å². The molecule has 1 heterocycles. The van der Waals surface area contributed by atoms with Crippen LogP contribution in [0, 0.1) is 17.0 Å². The normalized spacial score (nSPS) is 9.83. The van der Waals surface area contributed by atoms with Gasteiger partial charge in [0.05, 0.1) is 0 Å². The number of hydrogen-bond acceptors (Lipinski definition) is 3. The van der Waals surface area contributed by atoms with Crippen molar-refractivity contribution in [3.05, 3.63) is 38.7 Å². The van der Waals surface area contributed by atoms with Crippen molar-refractivity contribution in [2.24, 2.45) is 0 Å². The summed E-state index contributed by atoms with van der Waals surface area (Å²) in [6.07, 6.45) is 1.41.